The highest BCUT2D eigenvalue weighted by Crippen LogP contribution is 2.36. The molecule has 0 aliphatic carbocycles. The minimum absolute atomic E-state index is 0.0155. The van der Waals surface area contributed by atoms with Gasteiger partial charge in [-0.15, -0.1) is 0 Å². The molecule has 0 spiro atoms. The number of aromatic nitrogens is 1. The van der Waals surface area contributed by atoms with Gasteiger partial charge in [0.1, 0.15) is 5.02 Å². The Hall–Kier alpha value is -2.61. The number of halogens is 3. The quantitative estimate of drug-likeness (QED) is 0.859. The molecule has 122 valence electrons. The number of nitrogens with zero attached hydrogens (tertiary/aromatic N) is 1. The van der Waals surface area contributed by atoms with Gasteiger partial charge in [-0.05, 0) is 18.2 Å². The lowest BCUT2D eigenvalue weighted by Crippen LogP contribution is -2.10. The largest absolute Gasteiger partial charge is 0.514 e. The Morgan fingerprint density at radius 3 is 2.61 bits per heavy atom. The molecule has 0 bridgehead atoms. The lowest BCUT2D eigenvalue weighted by molar-refractivity contribution is 0.120. The number of nitrogens with two attached hydrogens (primary N) is 1. The highest BCUT2D eigenvalue weighted by molar-refractivity contribution is 6.34. The molecule has 0 radical (unpaired) electrons. The Morgan fingerprint density at radius 1 is 1.30 bits per heavy atom. The zero-order chi connectivity index (χ0) is 17.1. The Bertz CT molecular complexity index is 771. The third-order valence-corrected chi connectivity index (χ3v) is 3.21. The fourth-order valence-electron chi connectivity index (χ4n) is 1.77. The minimum atomic E-state index is -1.08. The van der Waals surface area contributed by atoms with Crippen LogP contribution in [0, 0.1) is 11.6 Å². The van der Waals surface area contributed by atoms with Gasteiger partial charge in [0.15, 0.2) is 17.4 Å². The van der Waals surface area contributed by atoms with Gasteiger partial charge >= 0.3 is 6.16 Å². The molecule has 0 aliphatic heterocycles. The highest BCUT2D eigenvalue weighted by Gasteiger charge is 2.20. The summed E-state index contributed by atoms with van der Waals surface area (Å²) in [6.45, 7) is 0. The Balaban J connectivity index is 2.59. The molecule has 0 saturated heterocycles. The molecule has 0 saturated carbocycles. The van der Waals surface area contributed by atoms with Crippen LogP contribution in [0.25, 0.3) is 11.3 Å². The van der Waals surface area contributed by atoms with Gasteiger partial charge in [0.05, 0.1) is 25.6 Å². The number of rotatable bonds is 3. The van der Waals surface area contributed by atoms with Crippen LogP contribution < -0.4 is 15.2 Å². The van der Waals surface area contributed by atoms with Crippen molar-refractivity contribution in [2.45, 2.75) is 0 Å². The van der Waals surface area contributed by atoms with Gasteiger partial charge in [0, 0.05) is 5.56 Å². The normalized spacial score (nSPS) is 10.3. The van der Waals surface area contributed by atoms with Crippen molar-refractivity contribution < 1.29 is 27.8 Å². The van der Waals surface area contributed by atoms with Gasteiger partial charge < -0.3 is 19.9 Å². The molecule has 0 fully saturated rings. The number of pyridine rings is 1. The second-order valence-corrected chi connectivity index (χ2v) is 4.59. The average molecular weight is 345 g/mol. The number of ether oxygens (including phenoxy) is 3. The molecule has 1 heterocycles. The van der Waals surface area contributed by atoms with Crippen molar-refractivity contribution in [1.82, 2.24) is 4.98 Å². The van der Waals surface area contributed by atoms with Crippen molar-refractivity contribution in [3.05, 3.63) is 34.9 Å². The van der Waals surface area contributed by atoms with E-state index < -0.39 is 23.5 Å². The van der Waals surface area contributed by atoms with Crippen molar-refractivity contribution in [2.75, 3.05) is 20.0 Å². The summed E-state index contributed by atoms with van der Waals surface area (Å²) in [7, 11) is 2.22. The molecule has 1 aromatic heterocycles. The van der Waals surface area contributed by atoms with Crippen molar-refractivity contribution in [3.8, 4) is 22.9 Å². The summed E-state index contributed by atoms with van der Waals surface area (Å²) < 4.78 is 41.5. The van der Waals surface area contributed by atoms with Crippen LogP contribution >= 0.6 is 11.6 Å². The summed E-state index contributed by atoms with van der Waals surface area (Å²) in [5.41, 5.74) is 5.54. The van der Waals surface area contributed by atoms with Crippen LogP contribution in [0.3, 0.4) is 0 Å². The first-order chi connectivity index (χ1) is 10.9. The number of carbonyl (C=O) groups is 1. The van der Waals surface area contributed by atoms with Crippen LogP contribution in [-0.4, -0.2) is 25.4 Å². The molecule has 2 aromatic rings. The molecular weight excluding hydrogens is 334 g/mol. The van der Waals surface area contributed by atoms with Crippen LogP contribution in [0.15, 0.2) is 18.2 Å². The number of nitrogen functional groups attached to an aromatic ring is 1. The minimum Gasteiger partial charge on any atom is -0.491 e. The predicted octanol–water partition coefficient (Wildman–Crippen LogP) is 3.42. The summed E-state index contributed by atoms with van der Waals surface area (Å²) in [5.74, 6) is -2.79. The lowest BCUT2D eigenvalue weighted by Gasteiger charge is -2.11. The first-order valence-electron chi connectivity index (χ1n) is 6.13. The van der Waals surface area contributed by atoms with Crippen LogP contribution in [0.5, 0.6) is 11.6 Å². The smallest absolute Gasteiger partial charge is 0.491 e. The third-order valence-electron chi connectivity index (χ3n) is 2.83. The lowest BCUT2D eigenvalue weighted by atomic mass is 10.1. The molecule has 2 rings (SSSR count). The summed E-state index contributed by atoms with van der Waals surface area (Å²) in [6, 6.07) is 3.40. The molecule has 0 amide bonds. The molecule has 0 atom stereocenters. The average Bonchev–Trinajstić information content (AvgIpc) is 2.52. The second kappa shape index (κ2) is 6.66. The van der Waals surface area contributed by atoms with E-state index in [0.717, 1.165) is 26.4 Å². The number of hydrogen-bond acceptors (Lipinski definition) is 6. The molecule has 23 heavy (non-hydrogen) atoms. The number of hydrogen-bond donors (Lipinski definition) is 1. The van der Waals surface area contributed by atoms with Crippen LogP contribution in [-0.2, 0) is 4.74 Å². The van der Waals surface area contributed by atoms with Gasteiger partial charge in [0.25, 0.3) is 0 Å². The van der Waals surface area contributed by atoms with E-state index >= 15 is 0 Å². The zero-order valence-electron chi connectivity index (χ0n) is 12.0. The van der Waals surface area contributed by atoms with E-state index in [2.05, 4.69) is 14.5 Å². The first kappa shape index (κ1) is 16.8. The second-order valence-electron chi connectivity index (χ2n) is 4.21. The van der Waals surface area contributed by atoms with E-state index in [-0.39, 0.29) is 27.8 Å². The fourth-order valence-corrected chi connectivity index (χ4v) is 1.90. The third kappa shape index (κ3) is 3.26. The monoisotopic (exact) mass is 344 g/mol. The van der Waals surface area contributed by atoms with E-state index in [9.17, 15) is 13.6 Å². The van der Waals surface area contributed by atoms with Crippen molar-refractivity contribution in [1.29, 1.82) is 0 Å². The maximum absolute atomic E-state index is 14.3. The molecule has 1 aromatic carbocycles. The Labute approximate surface area is 134 Å². The van der Waals surface area contributed by atoms with Crippen molar-refractivity contribution in [3.63, 3.8) is 0 Å². The topological polar surface area (TPSA) is 83.7 Å². The number of carbonyl (C=O) groups excluding carboxylic acids is 1. The number of methoxy groups -OCH3 is 2. The van der Waals surface area contributed by atoms with Crippen LogP contribution in [0.4, 0.5) is 19.3 Å². The summed E-state index contributed by atoms with van der Waals surface area (Å²) in [6.07, 6.45) is -1.08. The summed E-state index contributed by atoms with van der Waals surface area (Å²) in [4.78, 5) is 15.1. The summed E-state index contributed by atoms with van der Waals surface area (Å²) >= 11 is 5.88. The molecule has 0 unspecified atom stereocenters. The highest BCUT2D eigenvalue weighted by atomic mass is 35.5. The standard InChI is InChI=1S/C14H11ClF2N2O4/c1-21-12-7(16)4-3-6(11(12)17)9-5-8(18)10(15)13(19-9)23-14(20)22-2/h3-5H,1-2H3,(H2,18,19). The molecule has 9 heteroatoms. The molecule has 2 N–H and O–H groups in total. The van der Waals surface area contributed by atoms with Gasteiger partial charge in [-0.1, -0.05) is 11.6 Å². The number of anilines is 1. The maximum atomic E-state index is 14.3. The first-order valence-corrected chi connectivity index (χ1v) is 6.51. The van der Waals surface area contributed by atoms with Gasteiger partial charge in [-0.2, -0.15) is 0 Å². The van der Waals surface area contributed by atoms with Gasteiger partial charge in [-0.25, -0.2) is 18.6 Å². The Morgan fingerprint density at radius 2 is 2.00 bits per heavy atom. The van der Waals surface area contributed by atoms with E-state index in [1.165, 1.54) is 6.07 Å². The molecule has 6 nitrogen and oxygen atoms in total. The van der Waals surface area contributed by atoms with Crippen molar-refractivity contribution >= 4 is 23.4 Å². The maximum Gasteiger partial charge on any atom is 0.514 e. The number of benzene rings is 1. The Kier molecular flexibility index (Phi) is 4.85. The summed E-state index contributed by atoms with van der Waals surface area (Å²) in [5, 5.41) is -0.145. The van der Waals surface area contributed by atoms with E-state index in [4.69, 9.17) is 22.1 Å². The van der Waals surface area contributed by atoms with E-state index in [1.54, 1.807) is 0 Å². The zero-order valence-corrected chi connectivity index (χ0v) is 12.8. The van der Waals surface area contributed by atoms with Crippen molar-refractivity contribution in [2.24, 2.45) is 0 Å². The molecule has 0 aliphatic rings. The predicted molar refractivity (Wildman–Crippen MR) is 78.6 cm³/mol. The fraction of sp³-hybridized carbons (Fsp3) is 0.143. The van der Waals surface area contributed by atoms with E-state index in [1.807, 2.05) is 0 Å². The van der Waals surface area contributed by atoms with Gasteiger partial charge in [-0.3, -0.25) is 0 Å². The van der Waals surface area contributed by atoms with Gasteiger partial charge in [0.2, 0.25) is 5.88 Å². The molecular formula is C14H11ClF2N2O4. The SMILES string of the molecule is COC(=O)Oc1nc(-c2ccc(F)c(OC)c2F)cc(N)c1Cl. The van der Waals surface area contributed by atoms with Crippen LogP contribution in [0.1, 0.15) is 0 Å². The van der Waals surface area contributed by atoms with Crippen LogP contribution in [0.2, 0.25) is 5.02 Å². The van der Waals surface area contributed by atoms with E-state index in [0.29, 0.717) is 0 Å².